The van der Waals surface area contributed by atoms with Crippen LogP contribution >= 0.6 is 0 Å². The summed E-state index contributed by atoms with van der Waals surface area (Å²) in [6.45, 7) is 0. The average Bonchev–Trinajstić information content (AvgIpc) is 3.10. The number of methoxy groups -OCH3 is 1. The van der Waals surface area contributed by atoms with Crippen LogP contribution in [0.4, 0.5) is 12.0 Å². The van der Waals surface area contributed by atoms with Crippen molar-refractivity contribution in [3.8, 4) is 23.1 Å². The van der Waals surface area contributed by atoms with E-state index in [1.165, 1.54) is 0 Å². The molecule has 2 heterocycles. The molecule has 4 rings (SSSR count). The van der Waals surface area contributed by atoms with E-state index in [4.69, 9.17) is 9.15 Å². The van der Waals surface area contributed by atoms with Gasteiger partial charge in [0.15, 0.2) is 5.58 Å². The third kappa shape index (κ3) is 3.09. The van der Waals surface area contributed by atoms with Gasteiger partial charge in [0.2, 0.25) is 5.95 Å². The number of oxazole rings is 1. The van der Waals surface area contributed by atoms with E-state index in [2.05, 4.69) is 20.3 Å². The number of aromatic nitrogens is 3. The van der Waals surface area contributed by atoms with Crippen molar-refractivity contribution >= 4 is 23.1 Å². The van der Waals surface area contributed by atoms with Crippen LogP contribution in [0, 0.1) is 11.3 Å². The van der Waals surface area contributed by atoms with Crippen molar-refractivity contribution in [2.75, 3.05) is 12.4 Å². The molecule has 0 atom stereocenters. The van der Waals surface area contributed by atoms with Crippen molar-refractivity contribution in [1.82, 2.24) is 15.0 Å². The number of H-pyrrole nitrogens is 1. The molecule has 2 N–H and O–H groups in total. The Morgan fingerprint density at radius 1 is 1.15 bits per heavy atom. The molecule has 0 spiro atoms. The van der Waals surface area contributed by atoms with Gasteiger partial charge in [-0.15, -0.1) is 0 Å². The lowest BCUT2D eigenvalue weighted by molar-refractivity contribution is 0.415. The molecule has 0 unspecified atom stereocenters. The Bertz CT molecular complexity index is 1190. The normalized spacial score (nSPS) is 10.5. The van der Waals surface area contributed by atoms with E-state index >= 15 is 0 Å². The smallest absolute Gasteiger partial charge is 0.302 e. The lowest BCUT2D eigenvalue weighted by atomic mass is 10.1. The van der Waals surface area contributed by atoms with Gasteiger partial charge in [0.25, 0.3) is 5.56 Å². The first-order valence-electron chi connectivity index (χ1n) is 7.99. The molecular formula is C19H13N5O3. The Kier molecular flexibility index (Phi) is 4.03. The van der Waals surface area contributed by atoms with Crippen LogP contribution in [0.3, 0.4) is 0 Å². The van der Waals surface area contributed by atoms with Crippen molar-refractivity contribution in [1.29, 1.82) is 5.26 Å². The minimum atomic E-state index is -0.558. The van der Waals surface area contributed by atoms with Gasteiger partial charge in [0.1, 0.15) is 22.9 Å². The number of hydrogen-bond acceptors (Lipinski definition) is 7. The predicted molar refractivity (Wildman–Crippen MR) is 98.9 cm³/mol. The number of para-hydroxylation sites is 2. The van der Waals surface area contributed by atoms with Gasteiger partial charge in [0, 0.05) is 5.56 Å². The highest BCUT2D eigenvalue weighted by atomic mass is 16.5. The van der Waals surface area contributed by atoms with Crippen LogP contribution < -0.4 is 15.6 Å². The average molecular weight is 359 g/mol. The van der Waals surface area contributed by atoms with Gasteiger partial charge in [-0.25, -0.2) is 4.98 Å². The van der Waals surface area contributed by atoms with Crippen molar-refractivity contribution in [3.05, 3.63) is 64.4 Å². The maximum atomic E-state index is 12.3. The Labute approximate surface area is 153 Å². The summed E-state index contributed by atoms with van der Waals surface area (Å²) in [4.78, 5) is 23.5. The third-order valence-electron chi connectivity index (χ3n) is 3.91. The summed E-state index contributed by atoms with van der Waals surface area (Å²) in [7, 11) is 1.56. The molecule has 0 fully saturated rings. The number of nitriles is 1. The van der Waals surface area contributed by atoms with Crippen LogP contribution in [0.15, 0.2) is 57.7 Å². The zero-order valence-electron chi connectivity index (χ0n) is 14.2. The van der Waals surface area contributed by atoms with Gasteiger partial charge in [-0.2, -0.15) is 10.2 Å². The Balaban J connectivity index is 1.76. The molecule has 0 saturated heterocycles. The standard InChI is InChI=1S/C19H13N5O3/c1-26-12-8-6-11(7-9-12)16-13(10-20)17(25)23-18(22-16)24-19-21-14-4-2-3-5-15(14)27-19/h2-9H,1H3,(H2,21,22,23,24,25). The summed E-state index contributed by atoms with van der Waals surface area (Å²) in [5, 5.41) is 12.2. The molecule has 27 heavy (non-hydrogen) atoms. The summed E-state index contributed by atoms with van der Waals surface area (Å²) in [6.07, 6.45) is 0. The minimum Gasteiger partial charge on any atom is -0.497 e. The molecule has 8 nitrogen and oxygen atoms in total. The highest BCUT2D eigenvalue weighted by molar-refractivity contribution is 5.75. The van der Waals surface area contributed by atoms with Crippen LogP contribution in [0.1, 0.15) is 5.56 Å². The maximum absolute atomic E-state index is 12.3. The van der Waals surface area contributed by atoms with Gasteiger partial charge >= 0.3 is 6.01 Å². The number of anilines is 2. The second-order valence-electron chi connectivity index (χ2n) is 5.59. The molecule has 0 saturated carbocycles. The molecule has 0 amide bonds. The summed E-state index contributed by atoms with van der Waals surface area (Å²) in [6, 6.07) is 16.3. The molecule has 0 radical (unpaired) electrons. The summed E-state index contributed by atoms with van der Waals surface area (Å²) >= 11 is 0. The van der Waals surface area contributed by atoms with Crippen LogP contribution in [0.25, 0.3) is 22.4 Å². The largest absolute Gasteiger partial charge is 0.497 e. The van der Waals surface area contributed by atoms with Gasteiger partial charge < -0.3 is 9.15 Å². The highest BCUT2D eigenvalue weighted by Crippen LogP contribution is 2.24. The van der Waals surface area contributed by atoms with E-state index in [-0.39, 0.29) is 23.2 Å². The predicted octanol–water partition coefficient (Wildman–Crippen LogP) is 3.20. The number of hydrogen-bond donors (Lipinski definition) is 2. The first-order valence-corrected chi connectivity index (χ1v) is 7.99. The zero-order chi connectivity index (χ0) is 18.8. The molecule has 4 aromatic rings. The quantitative estimate of drug-likeness (QED) is 0.574. The molecule has 0 aliphatic rings. The van der Waals surface area contributed by atoms with Crippen LogP contribution in [0.2, 0.25) is 0 Å². The van der Waals surface area contributed by atoms with Gasteiger partial charge in [-0.05, 0) is 36.4 Å². The van der Waals surface area contributed by atoms with E-state index < -0.39 is 5.56 Å². The summed E-state index contributed by atoms with van der Waals surface area (Å²) in [5.41, 5.74) is 1.50. The van der Waals surface area contributed by atoms with Crippen molar-refractivity contribution in [3.63, 3.8) is 0 Å². The molecule has 132 valence electrons. The first kappa shape index (κ1) is 16.4. The number of ether oxygens (including phenoxy) is 1. The first-order chi connectivity index (χ1) is 13.2. The molecule has 2 aromatic heterocycles. The van der Waals surface area contributed by atoms with E-state index in [9.17, 15) is 10.1 Å². The molecule has 0 aliphatic carbocycles. The van der Waals surface area contributed by atoms with Crippen LogP contribution in [-0.2, 0) is 0 Å². The number of benzene rings is 2. The number of aromatic amines is 1. The number of fused-ring (bicyclic) bond motifs is 1. The number of nitrogens with one attached hydrogen (secondary N) is 2. The third-order valence-corrected chi connectivity index (χ3v) is 3.91. The molecular weight excluding hydrogens is 346 g/mol. The Morgan fingerprint density at radius 3 is 2.63 bits per heavy atom. The van der Waals surface area contributed by atoms with E-state index in [0.717, 1.165) is 0 Å². The second-order valence-corrected chi connectivity index (χ2v) is 5.59. The molecule has 0 aliphatic heterocycles. The maximum Gasteiger partial charge on any atom is 0.302 e. The summed E-state index contributed by atoms with van der Waals surface area (Å²) < 4.78 is 10.7. The summed E-state index contributed by atoms with van der Waals surface area (Å²) in [5.74, 6) is 0.781. The van der Waals surface area contributed by atoms with Crippen molar-refractivity contribution in [2.24, 2.45) is 0 Å². The SMILES string of the molecule is COc1ccc(-c2nc(Nc3nc4ccccc4o3)[nH]c(=O)c2C#N)cc1. The second kappa shape index (κ2) is 6.65. The fourth-order valence-corrected chi connectivity index (χ4v) is 2.62. The Morgan fingerprint density at radius 2 is 1.93 bits per heavy atom. The molecule has 8 heteroatoms. The van der Waals surface area contributed by atoms with Gasteiger partial charge in [0.05, 0.1) is 12.8 Å². The van der Waals surface area contributed by atoms with Gasteiger partial charge in [-0.3, -0.25) is 15.1 Å². The van der Waals surface area contributed by atoms with Crippen LogP contribution in [0.5, 0.6) is 5.75 Å². The van der Waals surface area contributed by atoms with E-state index in [0.29, 0.717) is 22.4 Å². The molecule has 0 bridgehead atoms. The zero-order valence-corrected chi connectivity index (χ0v) is 14.2. The topological polar surface area (TPSA) is 117 Å². The lowest BCUT2D eigenvalue weighted by Gasteiger charge is -2.07. The minimum absolute atomic E-state index is 0.0803. The van der Waals surface area contributed by atoms with Gasteiger partial charge in [-0.1, -0.05) is 12.1 Å². The Hall–Kier alpha value is -4.12. The van der Waals surface area contributed by atoms with E-state index in [1.807, 2.05) is 24.3 Å². The van der Waals surface area contributed by atoms with Crippen molar-refractivity contribution < 1.29 is 9.15 Å². The van der Waals surface area contributed by atoms with E-state index in [1.54, 1.807) is 37.4 Å². The fourth-order valence-electron chi connectivity index (χ4n) is 2.62. The van der Waals surface area contributed by atoms with Crippen molar-refractivity contribution in [2.45, 2.75) is 0 Å². The monoisotopic (exact) mass is 359 g/mol. The number of nitrogens with zero attached hydrogens (tertiary/aromatic N) is 3. The highest BCUT2D eigenvalue weighted by Gasteiger charge is 2.15. The lowest BCUT2D eigenvalue weighted by Crippen LogP contribution is -2.16. The molecule has 2 aromatic carbocycles. The fraction of sp³-hybridized carbons (Fsp3) is 0.0526. The van der Waals surface area contributed by atoms with Crippen LogP contribution in [-0.4, -0.2) is 22.1 Å². The number of rotatable bonds is 4.